The Morgan fingerprint density at radius 3 is 2.67 bits per heavy atom. The van der Waals surface area contributed by atoms with Gasteiger partial charge in [-0.25, -0.2) is 0 Å². The lowest BCUT2D eigenvalue weighted by molar-refractivity contribution is -0.690. The molecular formula is C11H13NO2S. The van der Waals surface area contributed by atoms with E-state index >= 15 is 0 Å². The summed E-state index contributed by atoms with van der Waals surface area (Å²) < 4.78 is 0. The van der Waals surface area contributed by atoms with Crippen LogP contribution in [0.3, 0.4) is 0 Å². The van der Waals surface area contributed by atoms with Crippen LogP contribution in [0.1, 0.15) is 16.5 Å². The highest BCUT2D eigenvalue weighted by Gasteiger charge is 2.30. The summed E-state index contributed by atoms with van der Waals surface area (Å²) in [6, 6.07) is 7.82. The second-order valence-corrected chi connectivity index (χ2v) is 4.96. The summed E-state index contributed by atoms with van der Waals surface area (Å²) in [6.07, 6.45) is 0. The summed E-state index contributed by atoms with van der Waals surface area (Å²) in [5, 5.41) is 12.7. The number of hydrogen-bond donors (Lipinski definition) is 1. The van der Waals surface area contributed by atoms with Gasteiger partial charge in [-0.1, -0.05) is 41.6 Å². The molecule has 2 atom stereocenters. The van der Waals surface area contributed by atoms with Crippen LogP contribution in [0.25, 0.3) is 0 Å². The zero-order valence-electron chi connectivity index (χ0n) is 8.47. The van der Waals surface area contributed by atoms with Crippen LogP contribution >= 0.6 is 11.8 Å². The van der Waals surface area contributed by atoms with Crippen LogP contribution in [-0.4, -0.2) is 17.8 Å². The highest BCUT2D eigenvalue weighted by Crippen LogP contribution is 2.26. The Morgan fingerprint density at radius 2 is 2.13 bits per heavy atom. The first-order valence-electron chi connectivity index (χ1n) is 4.91. The molecule has 0 spiro atoms. The SMILES string of the molecule is Cc1ccc([C@@H]2[NH2+][C@@H](C(=O)[O-])CS2)cc1. The molecule has 0 radical (unpaired) electrons. The number of rotatable bonds is 2. The molecule has 1 fully saturated rings. The number of carboxylic acids is 1. The molecule has 15 heavy (non-hydrogen) atoms. The van der Waals surface area contributed by atoms with Crippen LogP contribution in [0.5, 0.6) is 0 Å². The predicted octanol–water partition coefficient (Wildman–Crippen LogP) is -0.578. The highest BCUT2D eigenvalue weighted by molar-refractivity contribution is 7.99. The third-order valence-corrected chi connectivity index (χ3v) is 3.91. The minimum Gasteiger partial charge on any atom is -0.544 e. The van der Waals surface area contributed by atoms with Crippen molar-refractivity contribution in [3.63, 3.8) is 0 Å². The van der Waals surface area contributed by atoms with Crippen molar-refractivity contribution in [3.05, 3.63) is 35.4 Å². The summed E-state index contributed by atoms with van der Waals surface area (Å²) in [4.78, 5) is 10.7. The lowest BCUT2D eigenvalue weighted by Crippen LogP contribution is -2.90. The van der Waals surface area contributed by atoms with Crippen molar-refractivity contribution in [2.24, 2.45) is 0 Å². The van der Waals surface area contributed by atoms with Crippen molar-refractivity contribution >= 4 is 17.7 Å². The van der Waals surface area contributed by atoms with E-state index in [9.17, 15) is 9.90 Å². The molecule has 1 aliphatic heterocycles. The van der Waals surface area contributed by atoms with Crippen molar-refractivity contribution in [2.45, 2.75) is 18.3 Å². The van der Waals surface area contributed by atoms with Crippen molar-refractivity contribution in [1.82, 2.24) is 0 Å². The topological polar surface area (TPSA) is 56.7 Å². The summed E-state index contributed by atoms with van der Waals surface area (Å²) in [5.74, 6) is -0.335. The monoisotopic (exact) mass is 223 g/mol. The Kier molecular flexibility index (Phi) is 2.98. The zero-order chi connectivity index (χ0) is 10.8. The number of carbonyl (C=O) groups excluding carboxylic acids is 1. The average molecular weight is 223 g/mol. The van der Waals surface area contributed by atoms with Crippen molar-refractivity contribution in [2.75, 3.05) is 5.75 Å². The number of benzene rings is 1. The number of carboxylic acid groups (broad SMARTS) is 1. The number of hydrogen-bond acceptors (Lipinski definition) is 3. The van der Waals surface area contributed by atoms with E-state index in [0.717, 1.165) is 0 Å². The summed E-state index contributed by atoms with van der Waals surface area (Å²) in [6.45, 7) is 2.04. The Labute approximate surface area is 92.9 Å². The highest BCUT2D eigenvalue weighted by atomic mass is 32.2. The van der Waals surface area contributed by atoms with Gasteiger partial charge in [0.05, 0.1) is 5.75 Å². The van der Waals surface area contributed by atoms with Gasteiger partial charge in [0.2, 0.25) is 0 Å². The van der Waals surface area contributed by atoms with Crippen LogP contribution in [0.15, 0.2) is 24.3 Å². The van der Waals surface area contributed by atoms with Gasteiger partial charge >= 0.3 is 0 Å². The van der Waals surface area contributed by atoms with E-state index in [1.165, 1.54) is 11.1 Å². The van der Waals surface area contributed by atoms with Gasteiger partial charge in [-0.15, -0.1) is 0 Å². The van der Waals surface area contributed by atoms with Gasteiger partial charge in [-0.05, 0) is 6.92 Å². The maximum atomic E-state index is 10.7. The molecule has 1 heterocycles. The quantitative estimate of drug-likeness (QED) is 0.730. The molecule has 0 unspecified atom stereocenters. The maximum absolute atomic E-state index is 10.7. The minimum absolute atomic E-state index is 0.202. The van der Waals surface area contributed by atoms with Gasteiger partial charge in [0.1, 0.15) is 12.0 Å². The van der Waals surface area contributed by atoms with Gasteiger partial charge in [-0.2, -0.15) is 0 Å². The van der Waals surface area contributed by atoms with Gasteiger partial charge in [0.25, 0.3) is 0 Å². The first kappa shape index (κ1) is 10.5. The molecule has 1 saturated heterocycles. The normalized spacial score (nSPS) is 25.4. The molecule has 4 heteroatoms. The molecule has 0 saturated carbocycles. The molecule has 2 rings (SSSR count). The van der Waals surface area contributed by atoms with Crippen LogP contribution in [-0.2, 0) is 4.79 Å². The van der Waals surface area contributed by atoms with Crippen LogP contribution in [0.2, 0.25) is 0 Å². The van der Waals surface area contributed by atoms with E-state index in [2.05, 4.69) is 24.3 Å². The molecular weight excluding hydrogens is 210 g/mol. The van der Waals surface area contributed by atoms with E-state index < -0.39 is 12.0 Å². The van der Waals surface area contributed by atoms with E-state index in [0.29, 0.717) is 5.75 Å². The van der Waals surface area contributed by atoms with Crippen molar-refractivity contribution < 1.29 is 15.2 Å². The minimum atomic E-state index is -0.961. The molecule has 3 nitrogen and oxygen atoms in total. The maximum Gasteiger partial charge on any atom is 0.159 e. The van der Waals surface area contributed by atoms with Gasteiger partial charge < -0.3 is 15.2 Å². The van der Waals surface area contributed by atoms with Crippen molar-refractivity contribution in [3.8, 4) is 0 Å². The molecule has 0 aromatic heterocycles. The Bertz CT molecular complexity index is 363. The number of aryl methyl sites for hydroxylation is 1. The number of nitrogens with two attached hydrogens (primary N) is 1. The fourth-order valence-corrected chi connectivity index (χ4v) is 2.95. The largest absolute Gasteiger partial charge is 0.544 e. The molecule has 1 aromatic carbocycles. The molecule has 0 aliphatic carbocycles. The van der Waals surface area contributed by atoms with Crippen molar-refractivity contribution in [1.29, 1.82) is 0 Å². The number of aliphatic carboxylic acids is 1. The fraction of sp³-hybridized carbons (Fsp3) is 0.364. The fourth-order valence-electron chi connectivity index (χ4n) is 1.64. The zero-order valence-corrected chi connectivity index (χ0v) is 9.29. The van der Waals surface area contributed by atoms with Crippen LogP contribution in [0.4, 0.5) is 0 Å². The van der Waals surface area contributed by atoms with E-state index in [1.54, 1.807) is 11.8 Å². The Balaban J connectivity index is 2.07. The van der Waals surface area contributed by atoms with E-state index in [-0.39, 0.29) is 5.37 Å². The Morgan fingerprint density at radius 1 is 1.47 bits per heavy atom. The van der Waals surface area contributed by atoms with Crippen LogP contribution in [0, 0.1) is 6.92 Å². The van der Waals surface area contributed by atoms with Gasteiger partial charge in [-0.3, -0.25) is 0 Å². The molecule has 2 N–H and O–H groups in total. The predicted molar refractivity (Wildman–Crippen MR) is 57.1 cm³/mol. The third kappa shape index (κ3) is 2.33. The van der Waals surface area contributed by atoms with Gasteiger partial charge in [0.15, 0.2) is 5.37 Å². The second-order valence-electron chi connectivity index (χ2n) is 3.78. The van der Waals surface area contributed by atoms with E-state index in [1.807, 2.05) is 12.2 Å². The Hall–Kier alpha value is -1.00. The molecule has 0 amide bonds. The smallest absolute Gasteiger partial charge is 0.159 e. The first-order valence-corrected chi connectivity index (χ1v) is 5.96. The third-order valence-electron chi connectivity index (χ3n) is 2.57. The van der Waals surface area contributed by atoms with E-state index in [4.69, 9.17) is 0 Å². The second kappa shape index (κ2) is 4.24. The summed E-state index contributed by atoms with van der Waals surface area (Å²) in [5.41, 5.74) is 2.40. The lowest BCUT2D eigenvalue weighted by Gasteiger charge is -2.10. The number of quaternary nitrogens is 1. The first-order chi connectivity index (χ1) is 7.16. The average Bonchev–Trinajstić information content (AvgIpc) is 2.68. The molecule has 0 bridgehead atoms. The molecule has 80 valence electrons. The number of carbonyl (C=O) groups is 1. The summed E-state index contributed by atoms with van der Waals surface area (Å²) >= 11 is 1.66. The molecule has 1 aliphatic rings. The van der Waals surface area contributed by atoms with Crippen LogP contribution < -0.4 is 10.4 Å². The lowest BCUT2D eigenvalue weighted by atomic mass is 10.1. The standard InChI is InChI=1S/C11H13NO2S/c1-7-2-4-8(5-3-7)10-12-9(6-15-10)11(13)14/h2-5,9-10,12H,6H2,1H3,(H,13,14)/t9-,10-/m1/s1. The van der Waals surface area contributed by atoms with Gasteiger partial charge in [0, 0.05) is 5.56 Å². The summed E-state index contributed by atoms with van der Waals surface area (Å²) in [7, 11) is 0. The molecule has 1 aromatic rings. The number of thioether (sulfide) groups is 1.